The van der Waals surface area contributed by atoms with E-state index in [1.54, 1.807) is 0 Å². The van der Waals surface area contributed by atoms with Gasteiger partial charge in [-0.3, -0.25) is 0 Å². The molecule has 0 heterocycles. The molecule has 0 amide bonds. The Morgan fingerprint density at radius 3 is 2.00 bits per heavy atom. The van der Waals surface area contributed by atoms with Crippen LogP contribution in [-0.4, -0.2) is 4.08 Å². The Bertz CT molecular complexity index is 44.5. The van der Waals surface area contributed by atoms with E-state index in [1.807, 2.05) is 6.92 Å². The summed E-state index contributed by atoms with van der Waals surface area (Å²) in [5, 5.41) is 0. The van der Waals surface area contributed by atoms with E-state index in [0.29, 0.717) is 0 Å². The van der Waals surface area contributed by atoms with Crippen molar-refractivity contribution in [3.63, 3.8) is 0 Å². The van der Waals surface area contributed by atoms with Crippen LogP contribution in [0.2, 0.25) is 0 Å². The van der Waals surface area contributed by atoms with Crippen LogP contribution >= 0.6 is 25.3 Å². The number of hydrogen-bond acceptors (Lipinski definition) is 2. The Kier molecular flexibility index (Phi) is 3.16. The summed E-state index contributed by atoms with van der Waals surface area (Å²) in [6, 6.07) is 0. The molecule has 0 aliphatic heterocycles. The van der Waals surface area contributed by atoms with E-state index in [9.17, 15) is 0 Å². The van der Waals surface area contributed by atoms with E-state index in [1.165, 1.54) is 0 Å². The molecule has 1 radical (unpaired) electrons. The molecule has 0 N–H and O–H groups in total. The van der Waals surface area contributed by atoms with E-state index in [4.69, 9.17) is 0 Å². The fourth-order valence-electron chi connectivity index (χ4n) is 0.335. The molecule has 43 valence electrons. The summed E-state index contributed by atoms with van der Waals surface area (Å²) in [6.45, 7) is 5.64. The van der Waals surface area contributed by atoms with Crippen molar-refractivity contribution in [2.75, 3.05) is 0 Å². The summed E-state index contributed by atoms with van der Waals surface area (Å²) >= 11 is 8.32. The Balaban J connectivity index is 3.15. The fraction of sp³-hybridized carbons (Fsp3) is 0.800. The lowest BCUT2D eigenvalue weighted by Gasteiger charge is -2.12. The lowest BCUT2D eigenvalue weighted by Crippen LogP contribution is -2.03. The maximum Gasteiger partial charge on any atom is 0.0523 e. The monoisotopic (exact) mass is 135 g/mol. The standard InChI is InChI=1S/C5H11S2/c1-3-4-5(2,6)7/h6-7H,1,3-4H2,2H3. The molecule has 7 heavy (non-hydrogen) atoms. The van der Waals surface area contributed by atoms with Gasteiger partial charge < -0.3 is 0 Å². The van der Waals surface area contributed by atoms with Crippen molar-refractivity contribution in [2.45, 2.75) is 23.8 Å². The van der Waals surface area contributed by atoms with Crippen LogP contribution in [0.4, 0.5) is 0 Å². The van der Waals surface area contributed by atoms with Gasteiger partial charge >= 0.3 is 0 Å². The molecule has 0 aliphatic carbocycles. The molecule has 0 spiro atoms. The Morgan fingerprint density at radius 1 is 1.57 bits per heavy atom. The second-order valence-corrected chi connectivity index (χ2v) is 4.15. The third-order valence-electron chi connectivity index (χ3n) is 0.650. The zero-order valence-corrected chi connectivity index (χ0v) is 6.30. The van der Waals surface area contributed by atoms with Crippen LogP contribution in [0, 0.1) is 6.92 Å². The quantitative estimate of drug-likeness (QED) is 0.421. The first-order chi connectivity index (χ1) is 3.06. The third kappa shape index (κ3) is 6.70. The maximum atomic E-state index is 4.16. The molecular weight excluding hydrogens is 124 g/mol. The largest absolute Gasteiger partial charge is 0.162 e. The fourth-order valence-corrected chi connectivity index (χ4v) is 0.651. The van der Waals surface area contributed by atoms with Crippen molar-refractivity contribution in [1.82, 2.24) is 0 Å². The molecule has 0 aromatic heterocycles. The van der Waals surface area contributed by atoms with Crippen LogP contribution in [0.1, 0.15) is 19.8 Å². The molecule has 0 aliphatic rings. The first-order valence-electron chi connectivity index (χ1n) is 2.30. The van der Waals surface area contributed by atoms with Gasteiger partial charge in [0, 0.05) is 0 Å². The average molecular weight is 135 g/mol. The molecule has 2 heteroatoms. The van der Waals surface area contributed by atoms with E-state index in [-0.39, 0.29) is 4.08 Å². The average Bonchev–Trinajstić information content (AvgIpc) is 1.30. The first kappa shape index (κ1) is 7.70. The van der Waals surface area contributed by atoms with E-state index >= 15 is 0 Å². The van der Waals surface area contributed by atoms with Crippen LogP contribution < -0.4 is 0 Å². The lowest BCUT2D eigenvalue weighted by atomic mass is 10.3. The van der Waals surface area contributed by atoms with Crippen molar-refractivity contribution in [3.05, 3.63) is 6.92 Å². The van der Waals surface area contributed by atoms with Crippen molar-refractivity contribution in [1.29, 1.82) is 0 Å². The highest BCUT2D eigenvalue weighted by atomic mass is 32.2. The zero-order chi connectivity index (χ0) is 5.91. The van der Waals surface area contributed by atoms with Gasteiger partial charge in [0.25, 0.3) is 0 Å². The number of rotatable bonds is 2. The minimum Gasteiger partial charge on any atom is -0.162 e. The van der Waals surface area contributed by atoms with E-state index in [2.05, 4.69) is 32.2 Å². The third-order valence-corrected chi connectivity index (χ3v) is 1.10. The van der Waals surface area contributed by atoms with Crippen LogP contribution in [0.15, 0.2) is 0 Å². The topological polar surface area (TPSA) is 0 Å². The maximum absolute atomic E-state index is 4.16. The van der Waals surface area contributed by atoms with E-state index < -0.39 is 0 Å². The second-order valence-electron chi connectivity index (χ2n) is 1.82. The smallest absolute Gasteiger partial charge is 0.0523 e. The van der Waals surface area contributed by atoms with Crippen molar-refractivity contribution in [3.8, 4) is 0 Å². The summed E-state index contributed by atoms with van der Waals surface area (Å²) in [5.41, 5.74) is 0. The molecule has 0 saturated carbocycles. The molecule has 0 fully saturated rings. The highest BCUT2D eigenvalue weighted by Gasteiger charge is 2.08. The summed E-state index contributed by atoms with van der Waals surface area (Å²) in [4.78, 5) is 0. The number of hydrogen-bond donors (Lipinski definition) is 2. The van der Waals surface area contributed by atoms with Gasteiger partial charge in [0.15, 0.2) is 0 Å². The van der Waals surface area contributed by atoms with Crippen molar-refractivity contribution >= 4 is 25.3 Å². The molecular formula is C5H11S2. The van der Waals surface area contributed by atoms with Crippen molar-refractivity contribution < 1.29 is 0 Å². The molecule has 0 aromatic rings. The molecule has 0 unspecified atom stereocenters. The summed E-state index contributed by atoms with van der Waals surface area (Å²) in [6.07, 6.45) is 1.86. The zero-order valence-electron chi connectivity index (χ0n) is 4.52. The molecule has 0 aromatic carbocycles. The van der Waals surface area contributed by atoms with Gasteiger partial charge in [0.2, 0.25) is 0 Å². The normalized spacial score (nSPS) is 12.0. The van der Waals surface area contributed by atoms with Gasteiger partial charge in [-0.25, -0.2) is 0 Å². The van der Waals surface area contributed by atoms with E-state index in [0.717, 1.165) is 12.8 Å². The van der Waals surface area contributed by atoms with Gasteiger partial charge in [0.1, 0.15) is 0 Å². The molecule has 0 bridgehead atoms. The lowest BCUT2D eigenvalue weighted by molar-refractivity contribution is 0.793. The summed E-state index contributed by atoms with van der Waals surface area (Å²) in [5.74, 6) is 0. The minimum absolute atomic E-state index is 0.123. The SMILES string of the molecule is [CH2]CCC(C)(S)S. The van der Waals surface area contributed by atoms with Crippen LogP contribution in [-0.2, 0) is 0 Å². The molecule has 0 atom stereocenters. The molecule has 0 nitrogen and oxygen atoms in total. The van der Waals surface area contributed by atoms with Crippen molar-refractivity contribution in [2.24, 2.45) is 0 Å². The van der Waals surface area contributed by atoms with Gasteiger partial charge in [0.05, 0.1) is 4.08 Å². The minimum atomic E-state index is -0.123. The molecule has 0 rings (SSSR count). The molecule has 0 saturated heterocycles. The predicted molar refractivity (Wildman–Crippen MR) is 41.0 cm³/mol. The van der Waals surface area contributed by atoms with Gasteiger partial charge in [-0.05, 0) is 13.3 Å². The highest BCUT2D eigenvalue weighted by molar-refractivity contribution is 8.00. The van der Waals surface area contributed by atoms with Gasteiger partial charge in [-0.2, -0.15) is 25.3 Å². The van der Waals surface area contributed by atoms with Crippen LogP contribution in [0.25, 0.3) is 0 Å². The van der Waals surface area contributed by atoms with Crippen LogP contribution in [0.3, 0.4) is 0 Å². The predicted octanol–water partition coefficient (Wildman–Crippen LogP) is 2.18. The highest BCUT2D eigenvalue weighted by Crippen LogP contribution is 2.23. The Hall–Kier alpha value is 0.700. The Morgan fingerprint density at radius 2 is 2.00 bits per heavy atom. The summed E-state index contributed by atoms with van der Waals surface area (Å²) in [7, 11) is 0. The Labute approximate surface area is 56.5 Å². The first-order valence-corrected chi connectivity index (χ1v) is 3.20. The van der Waals surface area contributed by atoms with Crippen LogP contribution in [0.5, 0.6) is 0 Å². The number of thiol groups is 2. The van der Waals surface area contributed by atoms with Gasteiger partial charge in [-0.15, -0.1) is 0 Å². The van der Waals surface area contributed by atoms with Gasteiger partial charge in [-0.1, -0.05) is 13.3 Å². The second kappa shape index (κ2) is 2.88. The summed E-state index contributed by atoms with van der Waals surface area (Å²) < 4.78 is -0.123.